The zero-order chi connectivity index (χ0) is 7.84. The Labute approximate surface area is 64.5 Å². The van der Waals surface area contributed by atoms with E-state index in [9.17, 15) is 4.39 Å². The van der Waals surface area contributed by atoms with Gasteiger partial charge in [-0.3, -0.25) is 0 Å². The highest BCUT2D eigenvalue weighted by atomic mass is 19.1. The van der Waals surface area contributed by atoms with Crippen molar-refractivity contribution in [2.45, 2.75) is 25.7 Å². The molecule has 0 saturated heterocycles. The fourth-order valence-corrected chi connectivity index (χ4v) is 1.21. The number of halogens is 1. The number of hydrogen-bond acceptors (Lipinski definition) is 2. The lowest BCUT2D eigenvalue weighted by Gasteiger charge is -2.00. The third-order valence-electron chi connectivity index (χ3n) is 2.03. The fraction of sp³-hybridized carbons (Fsp3) is 0.500. The molecule has 0 unspecified atom stereocenters. The Hall–Kier alpha value is -0.990. The van der Waals surface area contributed by atoms with Crippen molar-refractivity contribution < 1.29 is 4.39 Å². The minimum atomic E-state index is -0.373. The van der Waals surface area contributed by atoms with E-state index in [2.05, 4.69) is 9.97 Å². The van der Waals surface area contributed by atoms with E-state index >= 15 is 0 Å². The molecule has 0 aromatic carbocycles. The lowest BCUT2D eigenvalue weighted by atomic mass is 10.2. The Kier molecular flexibility index (Phi) is 1.37. The summed E-state index contributed by atoms with van der Waals surface area (Å²) < 4.78 is 12.8. The molecule has 1 saturated carbocycles. The summed E-state index contributed by atoms with van der Waals surface area (Å²) >= 11 is 0. The van der Waals surface area contributed by atoms with Gasteiger partial charge in [0.1, 0.15) is 6.33 Å². The lowest BCUT2D eigenvalue weighted by Crippen LogP contribution is -1.97. The topological polar surface area (TPSA) is 25.8 Å². The molecule has 0 amide bonds. The van der Waals surface area contributed by atoms with Crippen LogP contribution in [0.1, 0.15) is 30.0 Å². The van der Waals surface area contributed by atoms with E-state index in [1.165, 1.54) is 6.33 Å². The summed E-state index contributed by atoms with van der Waals surface area (Å²) in [6.45, 7) is 1.74. The molecule has 2 nitrogen and oxygen atoms in total. The van der Waals surface area contributed by atoms with E-state index in [-0.39, 0.29) is 5.95 Å². The van der Waals surface area contributed by atoms with Crippen LogP contribution < -0.4 is 0 Å². The van der Waals surface area contributed by atoms with E-state index in [0.717, 1.165) is 18.5 Å². The van der Waals surface area contributed by atoms with Crippen LogP contribution in [0.15, 0.2) is 6.33 Å². The number of rotatable bonds is 1. The summed E-state index contributed by atoms with van der Waals surface area (Å²) in [5.74, 6) is 0.134. The molecule has 1 aromatic heterocycles. The SMILES string of the molecule is Cc1c(F)ncnc1C1CC1. The minimum Gasteiger partial charge on any atom is -0.241 e. The van der Waals surface area contributed by atoms with Gasteiger partial charge in [0, 0.05) is 11.5 Å². The van der Waals surface area contributed by atoms with Gasteiger partial charge in [0.15, 0.2) is 0 Å². The molecule has 1 fully saturated rings. The molecule has 1 aliphatic rings. The monoisotopic (exact) mass is 152 g/mol. The van der Waals surface area contributed by atoms with E-state index in [4.69, 9.17) is 0 Å². The molecule has 0 radical (unpaired) electrons. The van der Waals surface area contributed by atoms with Gasteiger partial charge < -0.3 is 0 Å². The molecule has 1 aromatic rings. The Morgan fingerprint density at radius 1 is 1.45 bits per heavy atom. The van der Waals surface area contributed by atoms with Gasteiger partial charge in [-0.2, -0.15) is 4.39 Å². The second-order valence-electron chi connectivity index (χ2n) is 2.95. The second-order valence-corrected chi connectivity index (χ2v) is 2.95. The Morgan fingerprint density at radius 3 is 2.82 bits per heavy atom. The van der Waals surface area contributed by atoms with E-state index in [1.54, 1.807) is 6.92 Å². The van der Waals surface area contributed by atoms with Crippen molar-refractivity contribution in [2.75, 3.05) is 0 Å². The standard InChI is InChI=1S/C8H9FN2/c1-5-7(6-2-3-6)10-4-11-8(5)9/h4,6H,2-3H2,1H3. The summed E-state index contributed by atoms with van der Waals surface area (Å²) in [5.41, 5.74) is 1.52. The van der Waals surface area contributed by atoms with Crippen LogP contribution >= 0.6 is 0 Å². The predicted octanol–water partition coefficient (Wildman–Crippen LogP) is 1.80. The maximum Gasteiger partial charge on any atom is 0.219 e. The van der Waals surface area contributed by atoms with Gasteiger partial charge in [-0.05, 0) is 19.8 Å². The predicted molar refractivity (Wildman–Crippen MR) is 38.7 cm³/mol. The van der Waals surface area contributed by atoms with Crippen LogP contribution in [0, 0.1) is 12.9 Å². The first kappa shape index (κ1) is 6.70. The number of nitrogens with zero attached hydrogens (tertiary/aromatic N) is 2. The van der Waals surface area contributed by atoms with Gasteiger partial charge in [-0.1, -0.05) is 0 Å². The highest BCUT2D eigenvalue weighted by Crippen LogP contribution is 2.40. The molecule has 0 aliphatic heterocycles. The van der Waals surface area contributed by atoms with Crippen LogP contribution in [0.4, 0.5) is 4.39 Å². The zero-order valence-electron chi connectivity index (χ0n) is 6.34. The largest absolute Gasteiger partial charge is 0.241 e. The molecule has 1 aliphatic carbocycles. The van der Waals surface area contributed by atoms with Crippen molar-refractivity contribution in [1.29, 1.82) is 0 Å². The quantitative estimate of drug-likeness (QED) is 0.573. The van der Waals surface area contributed by atoms with Crippen molar-refractivity contribution in [1.82, 2.24) is 9.97 Å². The maximum absolute atomic E-state index is 12.8. The fourth-order valence-electron chi connectivity index (χ4n) is 1.21. The van der Waals surface area contributed by atoms with E-state index in [1.807, 2.05) is 0 Å². The summed E-state index contributed by atoms with van der Waals surface area (Å²) in [7, 11) is 0. The summed E-state index contributed by atoms with van der Waals surface area (Å²) in [5, 5.41) is 0. The van der Waals surface area contributed by atoms with Crippen LogP contribution in [0.25, 0.3) is 0 Å². The number of aromatic nitrogens is 2. The van der Waals surface area contributed by atoms with Crippen LogP contribution in [0.3, 0.4) is 0 Å². The van der Waals surface area contributed by atoms with Gasteiger partial charge in [0.05, 0.1) is 5.69 Å². The van der Waals surface area contributed by atoms with Gasteiger partial charge in [0.2, 0.25) is 5.95 Å². The second kappa shape index (κ2) is 2.26. The summed E-state index contributed by atoms with van der Waals surface area (Å²) in [4.78, 5) is 7.52. The summed E-state index contributed by atoms with van der Waals surface area (Å²) in [6, 6.07) is 0. The first-order chi connectivity index (χ1) is 5.29. The first-order valence-electron chi connectivity index (χ1n) is 3.76. The normalized spacial score (nSPS) is 16.9. The molecule has 0 spiro atoms. The van der Waals surface area contributed by atoms with Crippen LogP contribution in [-0.4, -0.2) is 9.97 Å². The summed E-state index contributed by atoms with van der Waals surface area (Å²) in [6.07, 6.45) is 3.60. The van der Waals surface area contributed by atoms with Gasteiger partial charge >= 0.3 is 0 Å². The Balaban J connectivity index is 2.45. The molecule has 2 rings (SSSR count). The molecule has 3 heteroatoms. The zero-order valence-corrected chi connectivity index (χ0v) is 6.34. The maximum atomic E-state index is 12.8. The third kappa shape index (κ3) is 1.11. The van der Waals surface area contributed by atoms with Crippen molar-refractivity contribution in [3.63, 3.8) is 0 Å². The van der Waals surface area contributed by atoms with Gasteiger partial charge in [-0.25, -0.2) is 9.97 Å². The lowest BCUT2D eigenvalue weighted by molar-refractivity contribution is 0.564. The molecular weight excluding hydrogens is 143 g/mol. The van der Waals surface area contributed by atoms with Crippen LogP contribution in [0.2, 0.25) is 0 Å². The smallest absolute Gasteiger partial charge is 0.219 e. The highest BCUT2D eigenvalue weighted by Gasteiger charge is 2.27. The first-order valence-corrected chi connectivity index (χ1v) is 3.76. The van der Waals surface area contributed by atoms with Crippen molar-refractivity contribution in [3.05, 3.63) is 23.5 Å². The molecule has 0 bridgehead atoms. The van der Waals surface area contributed by atoms with Gasteiger partial charge in [0.25, 0.3) is 0 Å². The molecule has 0 N–H and O–H groups in total. The molecule has 1 heterocycles. The number of hydrogen-bond donors (Lipinski definition) is 0. The highest BCUT2D eigenvalue weighted by molar-refractivity contribution is 5.23. The van der Waals surface area contributed by atoms with Crippen LogP contribution in [0.5, 0.6) is 0 Å². The van der Waals surface area contributed by atoms with E-state index in [0.29, 0.717) is 11.5 Å². The molecular formula is C8H9FN2. The molecule has 11 heavy (non-hydrogen) atoms. The van der Waals surface area contributed by atoms with Crippen LogP contribution in [-0.2, 0) is 0 Å². The molecule has 0 atom stereocenters. The molecule has 58 valence electrons. The van der Waals surface area contributed by atoms with Crippen molar-refractivity contribution >= 4 is 0 Å². The van der Waals surface area contributed by atoms with Crippen molar-refractivity contribution in [3.8, 4) is 0 Å². The van der Waals surface area contributed by atoms with Gasteiger partial charge in [-0.15, -0.1) is 0 Å². The Bertz CT molecular complexity index is 281. The average molecular weight is 152 g/mol. The van der Waals surface area contributed by atoms with E-state index < -0.39 is 0 Å². The third-order valence-corrected chi connectivity index (χ3v) is 2.03. The van der Waals surface area contributed by atoms with Crippen molar-refractivity contribution in [2.24, 2.45) is 0 Å². The Morgan fingerprint density at radius 2 is 2.18 bits per heavy atom. The minimum absolute atomic E-state index is 0.373. The average Bonchev–Trinajstić information content (AvgIpc) is 2.77.